The molecule has 2 heteroatoms. The molecular weight excluding hydrogens is 184 g/mol. The maximum Gasteiger partial charge on any atom is 0.137 e. The highest BCUT2D eigenvalue weighted by Gasteiger charge is 2.13. The number of ketones is 1. The van der Waals surface area contributed by atoms with E-state index in [9.17, 15) is 4.79 Å². The van der Waals surface area contributed by atoms with Gasteiger partial charge in [-0.1, -0.05) is 17.7 Å². The van der Waals surface area contributed by atoms with E-state index in [1.165, 1.54) is 5.56 Å². The van der Waals surface area contributed by atoms with Gasteiger partial charge in [0.15, 0.2) is 0 Å². The van der Waals surface area contributed by atoms with Crippen LogP contribution in [0.3, 0.4) is 0 Å². The molecule has 0 N–H and O–H groups in total. The fourth-order valence-corrected chi connectivity index (χ4v) is 1.97. The van der Waals surface area contributed by atoms with Crippen LogP contribution in [-0.4, -0.2) is 5.78 Å². The minimum atomic E-state index is 0.334. The van der Waals surface area contributed by atoms with Crippen molar-refractivity contribution in [3.8, 4) is 0 Å². The first kappa shape index (κ1) is 8.76. The lowest BCUT2D eigenvalue weighted by Crippen LogP contribution is -1.99. The Balaban J connectivity index is 2.40. The number of halogens is 1. The van der Waals surface area contributed by atoms with E-state index in [2.05, 4.69) is 0 Å². The maximum atomic E-state index is 11.3. The number of rotatable bonds is 0. The summed E-state index contributed by atoms with van der Waals surface area (Å²) in [4.78, 5) is 11.3. The summed E-state index contributed by atoms with van der Waals surface area (Å²) in [5.41, 5.74) is 2.41. The van der Waals surface area contributed by atoms with Crippen LogP contribution in [0.2, 0.25) is 5.02 Å². The fraction of sp³-hybridized carbons (Fsp3) is 0.364. The van der Waals surface area contributed by atoms with Crippen LogP contribution >= 0.6 is 11.6 Å². The predicted octanol–water partition coefficient (Wildman–Crippen LogP) is 2.79. The van der Waals surface area contributed by atoms with E-state index < -0.39 is 0 Å². The number of aryl methyl sites for hydroxylation is 1. The zero-order valence-corrected chi connectivity index (χ0v) is 8.10. The quantitative estimate of drug-likeness (QED) is 0.581. The van der Waals surface area contributed by atoms with Crippen LogP contribution in [0.5, 0.6) is 0 Å². The molecule has 0 bridgehead atoms. The SMILES string of the molecule is O=C1CCCc2ccc(Cl)cc2C1. The lowest BCUT2D eigenvalue weighted by Gasteiger charge is -2.03. The smallest absolute Gasteiger partial charge is 0.137 e. The molecule has 0 saturated carbocycles. The van der Waals surface area contributed by atoms with Crippen molar-refractivity contribution in [3.63, 3.8) is 0 Å². The fourth-order valence-electron chi connectivity index (χ4n) is 1.78. The molecule has 0 fully saturated rings. The second kappa shape index (κ2) is 3.51. The van der Waals surface area contributed by atoms with Gasteiger partial charge in [0.2, 0.25) is 0 Å². The van der Waals surface area contributed by atoms with Crippen LogP contribution in [0.1, 0.15) is 24.0 Å². The molecule has 0 aliphatic heterocycles. The highest BCUT2D eigenvalue weighted by molar-refractivity contribution is 6.30. The Morgan fingerprint density at radius 3 is 2.85 bits per heavy atom. The average molecular weight is 195 g/mol. The summed E-state index contributed by atoms with van der Waals surface area (Å²) >= 11 is 5.87. The van der Waals surface area contributed by atoms with Crippen molar-refractivity contribution >= 4 is 17.4 Å². The van der Waals surface area contributed by atoms with Gasteiger partial charge in [0, 0.05) is 17.9 Å². The third-order valence-electron chi connectivity index (χ3n) is 2.46. The summed E-state index contributed by atoms with van der Waals surface area (Å²) in [6.45, 7) is 0. The van der Waals surface area contributed by atoms with E-state index in [0.29, 0.717) is 18.6 Å². The van der Waals surface area contributed by atoms with Crippen molar-refractivity contribution in [2.45, 2.75) is 25.7 Å². The summed E-state index contributed by atoms with van der Waals surface area (Å²) in [7, 11) is 0. The minimum Gasteiger partial charge on any atom is -0.299 e. The molecular formula is C11H11ClO. The van der Waals surface area contributed by atoms with Gasteiger partial charge in [0.05, 0.1) is 0 Å². The molecule has 0 heterocycles. The molecule has 0 saturated heterocycles. The maximum absolute atomic E-state index is 11.3. The molecule has 1 aromatic rings. The van der Waals surface area contributed by atoms with Crippen LogP contribution < -0.4 is 0 Å². The lowest BCUT2D eigenvalue weighted by atomic mass is 10.0. The predicted molar refractivity (Wildman–Crippen MR) is 53.1 cm³/mol. The Labute approximate surface area is 82.7 Å². The molecule has 1 aliphatic rings. The van der Waals surface area contributed by atoms with Gasteiger partial charge in [0.25, 0.3) is 0 Å². The van der Waals surface area contributed by atoms with Gasteiger partial charge >= 0.3 is 0 Å². The summed E-state index contributed by atoms with van der Waals surface area (Å²) in [6, 6.07) is 5.85. The first-order valence-corrected chi connectivity index (χ1v) is 4.92. The molecule has 0 aromatic heterocycles. The molecule has 2 rings (SSSR count). The largest absolute Gasteiger partial charge is 0.299 e. The van der Waals surface area contributed by atoms with E-state index >= 15 is 0 Å². The Morgan fingerprint density at radius 1 is 1.15 bits per heavy atom. The number of fused-ring (bicyclic) bond motifs is 1. The highest BCUT2D eigenvalue weighted by atomic mass is 35.5. The van der Waals surface area contributed by atoms with Crippen LogP contribution in [-0.2, 0) is 17.6 Å². The molecule has 68 valence electrons. The Hall–Kier alpha value is -0.820. The Morgan fingerprint density at radius 2 is 2.00 bits per heavy atom. The van der Waals surface area contributed by atoms with E-state index in [1.54, 1.807) is 0 Å². The molecule has 0 radical (unpaired) electrons. The van der Waals surface area contributed by atoms with Crippen molar-refractivity contribution in [2.75, 3.05) is 0 Å². The first-order chi connectivity index (χ1) is 6.25. The van der Waals surface area contributed by atoms with E-state index in [4.69, 9.17) is 11.6 Å². The summed E-state index contributed by atoms with van der Waals surface area (Å²) < 4.78 is 0. The first-order valence-electron chi connectivity index (χ1n) is 4.55. The topological polar surface area (TPSA) is 17.1 Å². The van der Waals surface area contributed by atoms with Crippen molar-refractivity contribution in [2.24, 2.45) is 0 Å². The molecule has 13 heavy (non-hydrogen) atoms. The van der Waals surface area contributed by atoms with Gasteiger partial charge in [-0.05, 0) is 36.1 Å². The third kappa shape index (κ3) is 1.92. The van der Waals surface area contributed by atoms with Crippen LogP contribution in [0.25, 0.3) is 0 Å². The van der Waals surface area contributed by atoms with Gasteiger partial charge in [-0.15, -0.1) is 0 Å². The van der Waals surface area contributed by atoms with Crippen molar-refractivity contribution in [3.05, 3.63) is 34.3 Å². The summed E-state index contributed by atoms with van der Waals surface area (Å²) in [6.07, 6.45) is 3.27. The number of benzene rings is 1. The normalized spacial score (nSPS) is 16.5. The van der Waals surface area contributed by atoms with E-state index in [-0.39, 0.29) is 0 Å². The van der Waals surface area contributed by atoms with Crippen LogP contribution in [0, 0.1) is 0 Å². The highest BCUT2D eigenvalue weighted by Crippen LogP contribution is 2.22. The zero-order chi connectivity index (χ0) is 9.26. The molecule has 1 nitrogen and oxygen atoms in total. The number of Topliss-reactive ketones (excluding diaryl/α,β-unsaturated/α-hetero) is 1. The lowest BCUT2D eigenvalue weighted by molar-refractivity contribution is -0.118. The van der Waals surface area contributed by atoms with Crippen molar-refractivity contribution < 1.29 is 4.79 Å². The van der Waals surface area contributed by atoms with Gasteiger partial charge in [-0.25, -0.2) is 0 Å². The van der Waals surface area contributed by atoms with E-state index in [0.717, 1.165) is 23.4 Å². The standard InChI is InChI=1S/C11H11ClO/c12-10-5-4-8-2-1-3-11(13)7-9(8)6-10/h4-6H,1-3,7H2. The van der Waals surface area contributed by atoms with E-state index in [1.807, 2.05) is 18.2 Å². The number of hydrogen-bond acceptors (Lipinski definition) is 1. The van der Waals surface area contributed by atoms with Gasteiger partial charge in [-0.3, -0.25) is 4.79 Å². The van der Waals surface area contributed by atoms with Gasteiger partial charge in [-0.2, -0.15) is 0 Å². The molecule has 0 spiro atoms. The van der Waals surface area contributed by atoms with Crippen LogP contribution in [0.15, 0.2) is 18.2 Å². The Kier molecular flexibility index (Phi) is 2.36. The number of hydrogen-bond donors (Lipinski definition) is 0. The Bertz CT molecular complexity index is 344. The number of carbonyl (C=O) groups excluding carboxylic acids is 1. The molecule has 0 unspecified atom stereocenters. The van der Waals surface area contributed by atoms with Crippen LogP contribution in [0.4, 0.5) is 0 Å². The van der Waals surface area contributed by atoms with Gasteiger partial charge < -0.3 is 0 Å². The van der Waals surface area contributed by atoms with Gasteiger partial charge in [0.1, 0.15) is 5.78 Å². The zero-order valence-electron chi connectivity index (χ0n) is 7.35. The third-order valence-corrected chi connectivity index (χ3v) is 2.69. The molecule has 0 atom stereocenters. The van der Waals surface area contributed by atoms with Crippen molar-refractivity contribution in [1.29, 1.82) is 0 Å². The second-order valence-corrected chi connectivity index (χ2v) is 3.92. The summed E-state index contributed by atoms with van der Waals surface area (Å²) in [5.74, 6) is 0.334. The monoisotopic (exact) mass is 194 g/mol. The molecule has 0 amide bonds. The molecule has 1 aromatic carbocycles. The molecule has 1 aliphatic carbocycles. The van der Waals surface area contributed by atoms with Crippen molar-refractivity contribution in [1.82, 2.24) is 0 Å². The average Bonchev–Trinajstić information content (AvgIpc) is 2.25. The minimum absolute atomic E-state index is 0.334. The summed E-state index contributed by atoms with van der Waals surface area (Å²) in [5, 5.41) is 0.730. The number of carbonyl (C=O) groups is 1. The second-order valence-electron chi connectivity index (χ2n) is 3.48.